The van der Waals surface area contributed by atoms with Crippen LogP contribution in [-0.2, 0) is 140 Å². The molecule has 1 unspecified atom stereocenters. The minimum Gasteiger partial charge on any atom is -0.445 e. The second kappa shape index (κ2) is 57.0. The third-order valence-corrected chi connectivity index (χ3v) is 23.3. The van der Waals surface area contributed by atoms with Crippen molar-refractivity contribution in [2.75, 3.05) is 171 Å². The van der Waals surface area contributed by atoms with Crippen molar-refractivity contribution in [3.8, 4) is 5.75 Å². The fourth-order valence-electron chi connectivity index (χ4n) is 14.1. The number of amides is 12. The first kappa shape index (κ1) is 108. The summed E-state index contributed by atoms with van der Waals surface area (Å²) in [5.74, 6) is -19.3. The molecule has 1 fully saturated rings. The Morgan fingerprint density at radius 3 is 1.86 bits per heavy atom. The van der Waals surface area contributed by atoms with E-state index in [0.717, 1.165) is 9.80 Å². The highest BCUT2D eigenvalue weighted by molar-refractivity contribution is 7.85. The Morgan fingerprint density at radius 2 is 1.25 bits per heavy atom. The molecule has 17 N–H and O–H groups in total. The minimum atomic E-state index is -2.53. The molecule has 2 aromatic carbocycles. The largest absolute Gasteiger partial charge is 0.445 e. The van der Waals surface area contributed by atoms with Crippen molar-refractivity contribution < 1.29 is 144 Å². The third kappa shape index (κ3) is 36.7. The first-order valence-corrected chi connectivity index (χ1v) is 44.6. The van der Waals surface area contributed by atoms with Gasteiger partial charge in [-0.3, -0.25) is 71.3 Å². The molecule has 1 saturated heterocycles. The van der Waals surface area contributed by atoms with Gasteiger partial charge in [0.25, 0.3) is 0 Å². The van der Waals surface area contributed by atoms with Gasteiger partial charge < -0.3 is 137 Å². The summed E-state index contributed by atoms with van der Waals surface area (Å²) in [4.78, 5) is 228. The number of benzene rings is 2. The monoisotopic (exact) mass is 1860 g/mol. The Hall–Kier alpha value is -10.4. The summed E-state index contributed by atoms with van der Waals surface area (Å²) in [6.07, 6.45) is -9.46. The van der Waals surface area contributed by atoms with Gasteiger partial charge in [-0.15, -0.1) is 0 Å². The standard InChI is InChI=1S/C85H128N14O30S/c1-8-50(2)76-81(115)90-44-74(110)92-64-49-130(119)82-61(37-56(79(113)89-45-75(111)95-76)38-69(105)77(52(4)70(106)47-100)96-80(114)65-41-58(101)46-99(65)83(116)57(39-68(64)104)40-71(87)107)60-14-13-59(42-62(60)94-82)129-84(117)97(6)17-18-98(19-22-123-27-30-126-29-26-122-21-16-86)85(118)128-48-55-11-9-54(10-12-55)36-67(103)63(43-72(88)108)93-78(112)51(3)35-66(102)53(5)91-73(109)15-20-121-25-28-125-33-34-127-32-31-124-24-23-120-7/h9-14,42,50-53,56-58,63-65,70,76-77,94,100-101,106H,8,15-41,43-49,86H2,1-7H3,(H2,87,107)(H2,88,108)(H,89,113)(H,90,115)(H,91,109)(H,92,110)(H,93,112)(H,95,111)(H,96,114)/t50-,51+,52-,53-,56-,57-,58+,63-,64-,65-,70-,76-,77-,130?/m0/s1. The summed E-state index contributed by atoms with van der Waals surface area (Å²) in [6.45, 7) is 8.16. The molecule has 1 aromatic heterocycles. The highest BCUT2D eigenvalue weighted by Crippen LogP contribution is 2.34. The van der Waals surface area contributed by atoms with Crippen molar-refractivity contribution in [3.63, 3.8) is 0 Å². The minimum absolute atomic E-state index is 0.0205. The van der Waals surface area contributed by atoms with Crippen molar-refractivity contribution in [3.05, 3.63) is 59.2 Å². The molecular formula is C85H128N14O30S. The average molecular weight is 1860 g/mol. The SMILES string of the molecule is CC[C@H](C)[C@@H]1NC(=O)CNC(=O)[C@@H]2CC(=O)[C@H]([C@@H](C)[C@@H](O)CO)NC(=O)[C@@H]3C[C@@H](O)CN3C(=O)[C@H](CC(N)=O)CC(=O)[C@H](CS(=O)c3[nH]c4cc(OC(=O)N(C)CCN(CCOCCOCCOCCN)C(=O)OCc5ccc(CC(=O)[C@H](CC(N)=O)NC(=O)[C@H](C)CC(=O)[C@H](C)NC(=O)CCOCCOCCOCCOCCOC)cc5)ccc4c3C2)NC(=O)CNC1=O. The summed E-state index contributed by atoms with van der Waals surface area (Å²) in [6, 6.07) is 1.42. The quantitative estimate of drug-likeness (QED) is 0.0242. The summed E-state index contributed by atoms with van der Waals surface area (Å²) < 4.78 is 70.3. The fraction of sp³-hybridized carbons (Fsp3) is 0.647. The van der Waals surface area contributed by atoms with Crippen molar-refractivity contribution in [1.29, 1.82) is 0 Å². The Labute approximate surface area is 755 Å². The van der Waals surface area contributed by atoms with Crippen LogP contribution in [0.5, 0.6) is 5.75 Å². The van der Waals surface area contributed by atoms with Crippen LogP contribution in [0.4, 0.5) is 9.59 Å². The lowest BCUT2D eigenvalue weighted by Gasteiger charge is -2.32. The molecule has 0 radical (unpaired) electrons. The number of hydrogen-bond donors (Lipinski definition) is 14. The number of ether oxygens (including phenoxy) is 10. The molecule has 3 aliphatic heterocycles. The molecule has 2 bridgehead atoms. The zero-order valence-corrected chi connectivity index (χ0v) is 75.5. The number of fused-ring (bicyclic) bond motifs is 5. The maximum atomic E-state index is 15.4. The van der Waals surface area contributed by atoms with Crippen LogP contribution in [0.3, 0.4) is 0 Å². The molecule has 0 saturated carbocycles. The molecule has 0 spiro atoms. The van der Waals surface area contributed by atoms with Crippen molar-refractivity contribution in [2.24, 2.45) is 46.8 Å². The second-order valence-corrected chi connectivity index (χ2v) is 33.4. The van der Waals surface area contributed by atoms with Gasteiger partial charge in [0, 0.05) is 121 Å². The number of methoxy groups -OCH3 is 1. The van der Waals surface area contributed by atoms with E-state index in [4.69, 9.17) is 64.6 Å². The number of likely N-dealkylation sites (N-methyl/N-ethyl adjacent to an activating group) is 1. The fourth-order valence-corrected chi connectivity index (χ4v) is 15.5. The summed E-state index contributed by atoms with van der Waals surface area (Å²) in [7, 11) is 0.413. The number of H-pyrrole nitrogens is 1. The van der Waals surface area contributed by atoms with Crippen LogP contribution >= 0.6 is 0 Å². The molecule has 14 atom stereocenters. The number of Topliss-reactive ketones (excluding diaryl/α,β-unsaturated/α-hetero) is 4. The molecule has 724 valence electrons. The normalized spacial score (nSPS) is 20.6. The summed E-state index contributed by atoms with van der Waals surface area (Å²) >= 11 is 0. The number of aromatic amines is 1. The van der Waals surface area contributed by atoms with Gasteiger partial charge in [0.2, 0.25) is 59.1 Å². The average Bonchev–Trinajstić information content (AvgIpc) is 1.63. The number of primary amides is 2. The van der Waals surface area contributed by atoms with Crippen LogP contribution in [0, 0.1) is 29.6 Å². The van der Waals surface area contributed by atoms with E-state index in [0.29, 0.717) is 76.9 Å². The van der Waals surface area contributed by atoms with Crippen molar-refractivity contribution in [2.45, 2.75) is 159 Å². The van der Waals surface area contributed by atoms with E-state index in [1.807, 2.05) is 0 Å². The molecule has 4 heterocycles. The van der Waals surface area contributed by atoms with Crippen LogP contribution in [-0.4, -0.2) is 353 Å². The van der Waals surface area contributed by atoms with Gasteiger partial charge >= 0.3 is 12.2 Å². The Balaban J connectivity index is 1.19. The van der Waals surface area contributed by atoms with Gasteiger partial charge in [0.15, 0.2) is 23.1 Å². The van der Waals surface area contributed by atoms with Gasteiger partial charge in [-0.1, -0.05) is 58.4 Å². The van der Waals surface area contributed by atoms with Gasteiger partial charge in [0.1, 0.15) is 29.5 Å². The lowest BCUT2D eigenvalue weighted by molar-refractivity contribution is -0.145. The number of aromatic nitrogens is 1. The van der Waals surface area contributed by atoms with E-state index in [2.05, 4.69) is 42.2 Å². The summed E-state index contributed by atoms with van der Waals surface area (Å²) in [5.41, 5.74) is 17.6. The third-order valence-electron chi connectivity index (χ3n) is 21.8. The molecule has 44 nitrogen and oxygen atoms in total. The Bertz CT molecular complexity index is 4310. The number of aliphatic hydroxyl groups excluding tert-OH is 3. The first-order chi connectivity index (χ1) is 62.1. The Morgan fingerprint density at radius 1 is 0.654 bits per heavy atom. The maximum Gasteiger partial charge on any atom is 0.415 e. The molecular weight excluding hydrogens is 1730 g/mol. The lowest BCUT2D eigenvalue weighted by Crippen LogP contribution is -2.56. The number of carbonyl (C=O) groups is 16. The predicted octanol–water partition coefficient (Wildman–Crippen LogP) is -3.69. The van der Waals surface area contributed by atoms with Gasteiger partial charge in [-0.05, 0) is 48.1 Å². The number of nitrogens with one attached hydrogen (secondary N) is 8. The molecule has 6 rings (SSSR count). The number of aliphatic hydroxyl groups is 3. The van der Waals surface area contributed by atoms with Gasteiger partial charge in [0.05, 0.1) is 190 Å². The number of rotatable bonds is 50. The molecule has 12 amide bonds. The van der Waals surface area contributed by atoms with Crippen LogP contribution in [0.1, 0.15) is 103 Å². The first-order valence-electron chi connectivity index (χ1n) is 43.2. The molecule has 3 aromatic rings. The van der Waals surface area contributed by atoms with Crippen LogP contribution in [0.2, 0.25) is 0 Å². The number of nitrogens with zero attached hydrogens (tertiary/aromatic N) is 3. The molecule has 3 aliphatic rings. The van der Waals surface area contributed by atoms with E-state index >= 15 is 9.00 Å². The van der Waals surface area contributed by atoms with Crippen LogP contribution in [0.15, 0.2) is 47.5 Å². The number of nitrogens with two attached hydrogens (primary N) is 3. The molecule has 45 heteroatoms. The van der Waals surface area contributed by atoms with Crippen molar-refractivity contribution >= 4 is 116 Å². The van der Waals surface area contributed by atoms with E-state index in [9.17, 15) is 87.2 Å². The topological polar surface area (TPSA) is 631 Å². The van der Waals surface area contributed by atoms with E-state index in [-0.39, 0.29) is 119 Å². The number of hydrogen-bond acceptors (Lipinski definition) is 31. The molecule has 0 aliphatic carbocycles. The second-order valence-electron chi connectivity index (χ2n) is 31.9. The van der Waals surface area contributed by atoms with Gasteiger partial charge in [-0.2, -0.15) is 0 Å². The van der Waals surface area contributed by atoms with Crippen LogP contribution in [0.25, 0.3) is 10.9 Å². The predicted molar refractivity (Wildman–Crippen MR) is 462 cm³/mol. The highest BCUT2D eigenvalue weighted by Gasteiger charge is 2.46. The molecule has 130 heavy (non-hydrogen) atoms. The maximum absolute atomic E-state index is 15.4. The lowest BCUT2D eigenvalue weighted by atomic mass is 9.85. The van der Waals surface area contributed by atoms with Gasteiger partial charge in [-0.25, -0.2) is 9.59 Å². The van der Waals surface area contributed by atoms with E-state index < -0.39 is 254 Å². The number of carbonyl (C=O) groups excluding carboxylic acids is 16. The summed E-state index contributed by atoms with van der Waals surface area (Å²) in [5, 5.41) is 49.9. The number of ketones is 4. The zero-order valence-electron chi connectivity index (χ0n) is 74.6. The van der Waals surface area contributed by atoms with Crippen LogP contribution < -0.4 is 59.2 Å². The Kier molecular flexibility index (Phi) is 47.5. The highest BCUT2D eigenvalue weighted by atomic mass is 32.2. The van der Waals surface area contributed by atoms with Crippen molar-refractivity contribution in [1.82, 2.24) is 56.9 Å². The zero-order chi connectivity index (χ0) is 95.5. The van der Waals surface area contributed by atoms with E-state index in [1.54, 1.807) is 45.2 Å². The van der Waals surface area contributed by atoms with E-state index in [1.165, 1.54) is 50.9 Å². The smallest absolute Gasteiger partial charge is 0.415 e.